The van der Waals surface area contributed by atoms with Gasteiger partial charge < -0.3 is 9.80 Å². The Bertz CT molecular complexity index is 934. The standard InChI is InChI=1S/C23H35N3O4S/c1-6-21(27)26-10-9-18-12-19(7-8-20(18)26)31(29,30)24-22(15(2)3)23(28)25-13-16(4)11-17(5)14-25/h7-8,12,15-17,22,24H,6,9-11,13-14H2,1-5H3. The molecule has 31 heavy (non-hydrogen) atoms. The van der Waals surface area contributed by atoms with Gasteiger partial charge in [0.1, 0.15) is 6.04 Å². The summed E-state index contributed by atoms with van der Waals surface area (Å²) in [5, 5.41) is 0. The first-order valence-corrected chi connectivity index (χ1v) is 12.8. The van der Waals surface area contributed by atoms with Crippen molar-refractivity contribution in [3.63, 3.8) is 0 Å². The Labute approximate surface area is 186 Å². The predicted octanol–water partition coefficient (Wildman–Crippen LogP) is 2.79. The fraction of sp³-hybridized carbons (Fsp3) is 0.652. The minimum absolute atomic E-state index is 0.0305. The van der Waals surface area contributed by atoms with Crippen LogP contribution < -0.4 is 9.62 Å². The van der Waals surface area contributed by atoms with Gasteiger partial charge in [0, 0.05) is 31.7 Å². The lowest BCUT2D eigenvalue weighted by molar-refractivity contribution is -0.136. The molecule has 0 bridgehead atoms. The van der Waals surface area contributed by atoms with Crippen LogP contribution >= 0.6 is 0 Å². The van der Waals surface area contributed by atoms with Crippen molar-refractivity contribution in [1.82, 2.24) is 9.62 Å². The average Bonchev–Trinajstić information content (AvgIpc) is 3.13. The van der Waals surface area contributed by atoms with Crippen LogP contribution in [0.2, 0.25) is 0 Å². The Morgan fingerprint density at radius 2 is 1.81 bits per heavy atom. The molecule has 2 amide bonds. The second-order valence-corrected chi connectivity index (χ2v) is 11.2. The molecule has 0 aliphatic carbocycles. The number of nitrogens with one attached hydrogen (secondary N) is 1. The van der Waals surface area contributed by atoms with Crippen LogP contribution in [0.15, 0.2) is 23.1 Å². The minimum atomic E-state index is -3.88. The first-order valence-electron chi connectivity index (χ1n) is 11.3. The average molecular weight is 450 g/mol. The zero-order chi connectivity index (χ0) is 22.9. The largest absolute Gasteiger partial charge is 0.341 e. The number of fused-ring (bicyclic) bond motifs is 1. The Kier molecular flexibility index (Phi) is 7.11. The Hall–Kier alpha value is -1.93. The molecule has 1 aromatic rings. The van der Waals surface area contributed by atoms with Gasteiger partial charge in [-0.25, -0.2) is 8.42 Å². The first kappa shape index (κ1) is 23.7. The van der Waals surface area contributed by atoms with E-state index in [-0.39, 0.29) is 22.6 Å². The van der Waals surface area contributed by atoms with Crippen molar-refractivity contribution in [1.29, 1.82) is 0 Å². The van der Waals surface area contributed by atoms with Crippen LogP contribution in [0.3, 0.4) is 0 Å². The summed E-state index contributed by atoms with van der Waals surface area (Å²) in [7, 11) is -3.88. The number of anilines is 1. The molecule has 2 aliphatic rings. The lowest BCUT2D eigenvalue weighted by Crippen LogP contribution is -2.54. The molecule has 3 unspecified atom stereocenters. The number of carbonyl (C=O) groups is 2. The van der Waals surface area contributed by atoms with Gasteiger partial charge in [0.15, 0.2) is 0 Å². The van der Waals surface area contributed by atoms with Crippen molar-refractivity contribution in [3.05, 3.63) is 23.8 Å². The minimum Gasteiger partial charge on any atom is -0.341 e. The summed E-state index contributed by atoms with van der Waals surface area (Å²) in [6.45, 7) is 11.7. The van der Waals surface area contributed by atoms with E-state index < -0.39 is 16.1 Å². The summed E-state index contributed by atoms with van der Waals surface area (Å²) in [4.78, 5) is 29.0. The molecule has 1 aromatic carbocycles. The third kappa shape index (κ3) is 5.12. The molecule has 172 valence electrons. The van der Waals surface area contributed by atoms with Gasteiger partial charge in [0.2, 0.25) is 21.8 Å². The van der Waals surface area contributed by atoms with Crippen molar-refractivity contribution in [2.24, 2.45) is 17.8 Å². The number of hydrogen-bond donors (Lipinski definition) is 1. The highest BCUT2D eigenvalue weighted by molar-refractivity contribution is 7.89. The molecule has 1 fully saturated rings. The van der Waals surface area contributed by atoms with E-state index in [9.17, 15) is 18.0 Å². The zero-order valence-electron chi connectivity index (χ0n) is 19.2. The topological polar surface area (TPSA) is 86.8 Å². The van der Waals surface area contributed by atoms with E-state index in [1.807, 2.05) is 25.7 Å². The SMILES string of the molecule is CCC(=O)N1CCc2cc(S(=O)(=O)NC(C(=O)N3CC(C)CC(C)C3)C(C)C)ccc21. The molecule has 2 aliphatic heterocycles. The second-order valence-electron chi connectivity index (χ2n) is 9.47. The van der Waals surface area contributed by atoms with E-state index in [4.69, 9.17) is 0 Å². The quantitative estimate of drug-likeness (QED) is 0.724. The maximum Gasteiger partial charge on any atom is 0.241 e. The number of amides is 2. The molecular weight excluding hydrogens is 414 g/mol. The maximum atomic E-state index is 13.2. The van der Waals surface area contributed by atoms with Crippen LogP contribution in [0.25, 0.3) is 0 Å². The van der Waals surface area contributed by atoms with Crippen LogP contribution in [0.1, 0.15) is 53.0 Å². The third-order valence-corrected chi connectivity index (χ3v) is 7.69. The molecule has 1 saturated heterocycles. The number of nitrogens with zero attached hydrogens (tertiary/aromatic N) is 2. The predicted molar refractivity (Wildman–Crippen MR) is 121 cm³/mol. The molecule has 0 saturated carbocycles. The Morgan fingerprint density at radius 1 is 1.16 bits per heavy atom. The summed E-state index contributed by atoms with van der Waals surface area (Å²) < 4.78 is 29.0. The van der Waals surface area contributed by atoms with Crippen molar-refractivity contribution < 1.29 is 18.0 Å². The lowest BCUT2D eigenvalue weighted by Gasteiger charge is -2.37. The number of hydrogen-bond acceptors (Lipinski definition) is 4. The number of rotatable bonds is 6. The second kappa shape index (κ2) is 9.28. The molecular formula is C23H35N3O4S. The van der Waals surface area contributed by atoms with Gasteiger partial charge in [-0.2, -0.15) is 4.72 Å². The fourth-order valence-electron chi connectivity index (χ4n) is 4.74. The molecule has 2 heterocycles. The summed E-state index contributed by atoms with van der Waals surface area (Å²) in [5.74, 6) is 0.507. The van der Waals surface area contributed by atoms with Crippen LogP contribution in [0, 0.1) is 17.8 Å². The highest BCUT2D eigenvalue weighted by atomic mass is 32.2. The van der Waals surface area contributed by atoms with Crippen molar-refractivity contribution >= 4 is 27.5 Å². The number of carbonyl (C=O) groups excluding carboxylic acids is 2. The molecule has 0 aromatic heterocycles. The number of sulfonamides is 1. The highest BCUT2D eigenvalue weighted by Gasteiger charge is 2.35. The number of likely N-dealkylation sites (tertiary alicyclic amines) is 1. The van der Waals surface area contributed by atoms with E-state index in [0.29, 0.717) is 44.3 Å². The van der Waals surface area contributed by atoms with Crippen LogP contribution in [0.4, 0.5) is 5.69 Å². The lowest BCUT2D eigenvalue weighted by atomic mass is 9.91. The molecule has 1 N–H and O–H groups in total. The fourth-order valence-corrected chi connectivity index (χ4v) is 6.13. The first-order chi connectivity index (χ1) is 14.5. The smallest absolute Gasteiger partial charge is 0.241 e. The van der Waals surface area contributed by atoms with Gasteiger partial charge in [0.25, 0.3) is 0 Å². The molecule has 7 nitrogen and oxygen atoms in total. The summed E-state index contributed by atoms with van der Waals surface area (Å²) in [5.41, 5.74) is 1.62. The molecule has 3 atom stereocenters. The van der Waals surface area contributed by atoms with E-state index in [1.165, 1.54) is 6.07 Å². The van der Waals surface area contributed by atoms with Gasteiger partial charge in [-0.3, -0.25) is 9.59 Å². The number of benzene rings is 1. The van der Waals surface area contributed by atoms with Gasteiger partial charge in [-0.1, -0.05) is 34.6 Å². The molecule has 0 radical (unpaired) electrons. The van der Waals surface area contributed by atoms with Crippen LogP contribution in [-0.2, 0) is 26.0 Å². The van der Waals surface area contributed by atoms with Crippen molar-refractivity contribution in [3.8, 4) is 0 Å². The van der Waals surface area contributed by atoms with Gasteiger partial charge in [-0.15, -0.1) is 0 Å². The van der Waals surface area contributed by atoms with E-state index in [0.717, 1.165) is 17.7 Å². The summed E-state index contributed by atoms with van der Waals surface area (Å²) >= 11 is 0. The zero-order valence-corrected chi connectivity index (χ0v) is 20.0. The molecule has 0 spiro atoms. The Morgan fingerprint density at radius 3 is 2.39 bits per heavy atom. The van der Waals surface area contributed by atoms with Gasteiger partial charge in [-0.05, 0) is 54.4 Å². The van der Waals surface area contributed by atoms with Crippen LogP contribution in [-0.4, -0.2) is 50.8 Å². The molecule has 3 rings (SSSR count). The van der Waals surface area contributed by atoms with Crippen LogP contribution in [0.5, 0.6) is 0 Å². The Balaban J connectivity index is 1.81. The summed E-state index contributed by atoms with van der Waals surface area (Å²) in [6, 6.07) is 4.04. The normalized spacial score (nSPS) is 22.5. The van der Waals surface area contributed by atoms with E-state index >= 15 is 0 Å². The van der Waals surface area contributed by atoms with Gasteiger partial charge >= 0.3 is 0 Å². The number of piperidine rings is 1. The van der Waals surface area contributed by atoms with E-state index in [2.05, 4.69) is 18.6 Å². The molecule has 8 heteroatoms. The van der Waals surface area contributed by atoms with E-state index in [1.54, 1.807) is 17.0 Å². The van der Waals surface area contributed by atoms with Gasteiger partial charge in [0.05, 0.1) is 4.90 Å². The van der Waals surface area contributed by atoms with Crippen molar-refractivity contribution in [2.45, 2.75) is 64.8 Å². The van der Waals surface area contributed by atoms with Crippen molar-refractivity contribution in [2.75, 3.05) is 24.5 Å². The monoisotopic (exact) mass is 449 g/mol. The third-order valence-electron chi connectivity index (χ3n) is 6.26. The maximum absolute atomic E-state index is 13.2. The summed E-state index contributed by atoms with van der Waals surface area (Å²) in [6.07, 6.45) is 2.11. The highest BCUT2D eigenvalue weighted by Crippen LogP contribution is 2.31.